The number of nitrogens with one attached hydrogen (secondary N) is 3. The summed E-state index contributed by atoms with van der Waals surface area (Å²) >= 11 is 0. The predicted molar refractivity (Wildman–Crippen MR) is 108 cm³/mol. The lowest BCUT2D eigenvalue weighted by Gasteiger charge is -2.34. The summed E-state index contributed by atoms with van der Waals surface area (Å²) in [5.41, 5.74) is -0.737. The van der Waals surface area contributed by atoms with Crippen LogP contribution in [0.5, 0.6) is 0 Å². The summed E-state index contributed by atoms with van der Waals surface area (Å²) in [7, 11) is -3.68. The maximum absolute atomic E-state index is 12.4. The average molecular weight is 450 g/mol. The van der Waals surface area contributed by atoms with Crippen LogP contribution >= 0.6 is 0 Å². The Morgan fingerprint density at radius 3 is 2.57 bits per heavy atom. The van der Waals surface area contributed by atoms with Gasteiger partial charge in [-0.25, -0.2) is 9.59 Å². The number of cyclic esters (lactones) is 1. The SMILES string of the molecule is CC(C)(C)OC(=O)NC(=N)C(CN1CCNCC1)N1CC(COS(C)(=O)=O)OC1=O. The van der Waals surface area contributed by atoms with Gasteiger partial charge in [-0.05, 0) is 20.8 Å². The van der Waals surface area contributed by atoms with Crippen molar-refractivity contribution in [3.05, 3.63) is 0 Å². The van der Waals surface area contributed by atoms with Crippen molar-refractivity contribution in [2.75, 3.05) is 52.1 Å². The van der Waals surface area contributed by atoms with Crippen LogP contribution in [0.2, 0.25) is 0 Å². The standard InChI is InChI=1S/C17H31N5O7S/c1-17(2,3)29-15(23)20-14(18)13(10-21-7-5-19-6-8-21)22-9-12(28-16(22)24)11-27-30(4,25)26/h12-13,19H,5-11H2,1-4H3,(H2,18,20,23). The zero-order chi connectivity index (χ0) is 22.5. The van der Waals surface area contributed by atoms with E-state index in [0.717, 1.165) is 32.4 Å². The summed E-state index contributed by atoms with van der Waals surface area (Å²) in [6.07, 6.45) is -1.38. The highest BCUT2D eigenvalue weighted by Crippen LogP contribution is 2.18. The Morgan fingerprint density at radius 1 is 1.37 bits per heavy atom. The third-order valence-corrected chi connectivity index (χ3v) is 4.92. The van der Waals surface area contributed by atoms with Gasteiger partial charge in [-0.2, -0.15) is 8.42 Å². The normalized spacial score (nSPS) is 21.8. The van der Waals surface area contributed by atoms with Crippen LogP contribution in [0.4, 0.5) is 9.59 Å². The molecule has 12 nitrogen and oxygen atoms in total. The first-order chi connectivity index (χ1) is 13.8. The van der Waals surface area contributed by atoms with E-state index >= 15 is 0 Å². The van der Waals surface area contributed by atoms with Crippen molar-refractivity contribution in [2.45, 2.75) is 38.5 Å². The number of hydrogen-bond acceptors (Lipinski definition) is 10. The highest BCUT2D eigenvalue weighted by Gasteiger charge is 2.40. The van der Waals surface area contributed by atoms with Gasteiger partial charge in [0.1, 0.15) is 30.2 Å². The summed E-state index contributed by atoms with van der Waals surface area (Å²) in [5.74, 6) is -0.204. The zero-order valence-electron chi connectivity index (χ0n) is 17.8. The highest BCUT2D eigenvalue weighted by molar-refractivity contribution is 7.85. The van der Waals surface area contributed by atoms with Crippen molar-refractivity contribution in [3.63, 3.8) is 0 Å². The minimum Gasteiger partial charge on any atom is -0.444 e. The molecule has 0 aliphatic carbocycles. The molecule has 2 amide bonds. The molecule has 0 aromatic heterocycles. The molecule has 2 aliphatic heterocycles. The summed E-state index contributed by atoms with van der Waals surface area (Å²) in [6.45, 7) is 8.14. The van der Waals surface area contributed by atoms with Crippen molar-refractivity contribution < 1.29 is 31.7 Å². The number of carbonyl (C=O) groups excluding carboxylic acids is 2. The molecule has 13 heteroatoms. The molecule has 2 heterocycles. The molecule has 0 aromatic carbocycles. The van der Waals surface area contributed by atoms with Gasteiger partial charge in [-0.1, -0.05) is 0 Å². The molecule has 0 radical (unpaired) electrons. The number of rotatable bonds is 7. The predicted octanol–water partition coefficient (Wildman–Crippen LogP) is -0.441. The molecule has 2 rings (SSSR count). The smallest absolute Gasteiger partial charge is 0.413 e. The first-order valence-electron chi connectivity index (χ1n) is 9.67. The first kappa shape index (κ1) is 24.3. The van der Waals surface area contributed by atoms with E-state index in [1.807, 2.05) is 0 Å². The van der Waals surface area contributed by atoms with Gasteiger partial charge in [0.25, 0.3) is 10.1 Å². The molecular weight excluding hydrogens is 418 g/mol. The zero-order valence-corrected chi connectivity index (χ0v) is 18.6. The van der Waals surface area contributed by atoms with Crippen LogP contribution in [0.1, 0.15) is 20.8 Å². The molecule has 2 fully saturated rings. The molecule has 0 spiro atoms. The summed E-state index contributed by atoms with van der Waals surface area (Å²) in [5, 5.41) is 14.0. The lowest BCUT2D eigenvalue weighted by Crippen LogP contribution is -2.56. The van der Waals surface area contributed by atoms with Gasteiger partial charge in [0.15, 0.2) is 0 Å². The maximum atomic E-state index is 12.4. The molecule has 0 bridgehead atoms. The molecule has 3 N–H and O–H groups in total. The topological polar surface area (TPSA) is 150 Å². The van der Waals surface area contributed by atoms with Gasteiger partial charge in [0.2, 0.25) is 0 Å². The Morgan fingerprint density at radius 2 is 2.00 bits per heavy atom. The van der Waals surface area contributed by atoms with Gasteiger partial charge >= 0.3 is 12.2 Å². The molecule has 2 aliphatic rings. The van der Waals surface area contributed by atoms with Crippen molar-refractivity contribution >= 4 is 28.1 Å². The third-order valence-electron chi connectivity index (χ3n) is 4.36. The molecule has 2 atom stereocenters. The Kier molecular flexibility index (Phi) is 8.02. The molecule has 172 valence electrons. The van der Waals surface area contributed by atoms with Crippen molar-refractivity contribution in [3.8, 4) is 0 Å². The number of ether oxygens (including phenoxy) is 2. The second kappa shape index (κ2) is 9.90. The number of amidine groups is 1. The van der Waals surface area contributed by atoms with E-state index in [-0.39, 0.29) is 19.0 Å². The monoisotopic (exact) mass is 449 g/mol. The number of carbonyl (C=O) groups is 2. The van der Waals surface area contributed by atoms with E-state index in [0.29, 0.717) is 6.54 Å². The van der Waals surface area contributed by atoms with Gasteiger partial charge in [-0.3, -0.25) is 24.7 Å². The average Bonchev–Trinajstić information content (AvgIpc) is 2.97. The summed E-state index contributed by atoms with van der Waals surface area (Å²) in [4.78, 5) is 27.9. The van der Waals surface area contributed by atoms with Gasteiger partial charge < -0.3 is 14.8 Å². The molecular formula is C17H31N5O7S. The van der Waals surface area contributed by atoms with E-state index in [1.165, 1.54) is 4.90 Å². The van der Waals surface area contributed by atoms with Crippen LogP contribution in [0.15, 0.2) is 0 Å². The Balaban J connectivity index is 2.09. The van der Waals surface area contributed by atoms with E-state index in [9.17, 15) is 18.0 Å². The Bertz CT molecular complexity index is 746. The minimum atomic E-state index is -3.68. The quantitative estimate of drug-likeness (QED) is 0.267. The minimum absolute atomic E-state index is 0.0312. The fourth-order valence-electron chi connectivity index (χ4n) is 3.06. The van der Waals surface area contributed by atoms with Gasteiger partial charge in [-0.15, -0.1) is 0 Å². The number of piperazine rings is 1. The highest BCUT2D eigenvalue weighted by atomic mass is 32.2. The van der Waals surface area contributed by atoms with E-state index in [2.05, 4.69) is 15.5 Å². The van der Waals surface area contributed by atoms with Crippen LogP contribution < -0.4 is 10.6 Å². The molecule has 0 aromatic rings. The summed E-state index contributed by atoms with van der Waals surface area (Å²) in [6, 6.07) is -0.800. The van der Waals surface area contributed by atoms with E-state index in [4.69, 9.17) is 19.1 Å². The molecule has 2 saturated heterocycles. The van der Waals surface area contributed by atoms with Gasteiger partial charge in [0.05, 0.1) is 12.8 Å². The fraction of sp³-hybridized carbons (Fsp3) is 0.824. The maximum Gasteiger partial charge on any atom is 0.413 e. The second-order valence-electron chi connectivity index (χ2n) is 8.25. The largest absolute Gasteiger partial charge is 0.444 e. The Hall–Kier alpha value is -1.96. The van der Waals surface area contributed by atoms with Crippen LogP contribution in [0.25, 0.3) is 0 Å². The lowest BCUT2D eigenvalue weighted by molar-refractivity contribution is 0.0556. The second-order valence-corrected chi connectivity index (χ2v) is 9.90. The molecule has 2 unspecified atom stereocenters. The van der Waals surface area contributed by atoms with Crippen molar-refractivity contribution in [1.82, 2.24) is 20.4 Å². The Labute approximate surface area is 176 Å². The number of nitrogens with zero attached hydrogens (tertiary/aromatic N) is 2. The van der Waals surface area contributed by atoms with Crippen LogP contribution in [-0.4, -0.2) is 106 Å². The fourth-order valence-corrected chi connectivity index (χ4v) is 3.46. The van der Waals surface area contributed by atoms with E-state index < -0.39 is 40.1 Å². The van der Waals surface area contributed by atoms with Crippen LogP contribution in [-0.2, 0) is 23.8 Å². The third kappa shape index (κ3) is 8.05. The van der Waals surface area contributed by atoms with Crippen LogP contribution in [0.3, 0.4) is 0 Å². The number of alkyl carbamates (subject to hydrolysis) is 1. The van der Waals surface area contributed by atoms with Crippen LogP contribution in [0, 0.1) is 5.41 Å². The summed E-state index contributed by atoms with van der Waals surface area (Å²) < 4.78 is 37.5. The van der Waals surface area contributed by atoms with Gasteiger partial charge in [0, 0.05) is 32.7 Å². The first-order valence-corrected chi connectivity index (χ1v) is 11.5. The van der Waals surface area contributed by atoms with Crippen molar-refractivity contribution in [2.24, 2.45) is 0 Å². The lowest BCUT2D eigenvalue weighted by atomic mass is 10.2. The number of hydrogen-bond donors (Lipinski definition) is 3. The van der Waals surface area contributed by atoms with Crippen molar-refractivity contribution in [1.29, 1.82) is 5.41 Å². The van der Waals surface area contributed by atoms with E-state index in [1.54, 1.807) is 20.8 Å². The molecule has 30 heavy (non-hydrogen) atoms. The number of amides is 2. The molecule has 0 saturated carbocycles.